The number of carbonyl (C=O) groups excluding carboxylic acids is 6. The van der Waals surface area contributed by atoms with Gasteiger partial charge < -0.3 is 37.3 Å². The summed E-state index contributed by atoms with van der Waals surface area (Å²) in [6.07, 6.45) is -2.11. The third-order valence-corrected chi connectivity index (χ3v) is 8.09. The molecule has 0 bridgehead atoms. The Hall–Kier alpha value is -4.82. The molecule has 2 aromatic rings. The number of hydrogen-bond donors (Lipinski definition) is 6. The van der Waals surface area contributed by atoms with Crippen LogP contribution in [-0.2, 0) is 41.7 Å². The summed E-state index contributed by atoms with van der Waals surface area (Å²) in [6.45, 7) is 9.30. The first-order valence-electron chi connectivity index (χ1n) is 16.7. The largest absolute Gasteiger partial charge is 0.445 e. The van der Waals surface area contributed by atoms with Gasteiger partial charge in [0.25, 0.3) is 5.91 Å². The fraction of sp³-hybridized carbons (Fsp3) is 0.500. The molecule has 274 valence electrons. The van der Waals surface area contributed by atoms with Crippen molar-refractivity contribution in [2.45, 2.75) is 104 Å². The van der Waals surface area contributed by atoms with Gasteiger partial charge in [0.1, 0.15) is 30.8 Å². The molecular weight excluding hydrogens is 644 g/mol. The van der Waals surface area contributed by atoms with Crippen LogP contribution in [0.4, 0.5) is 4.79 Å². The molecule has 8 N–H and O–H groups in total. The number of carbonyl (C=O) groups is 6. The Kier molecular flexibility index (Phi) is 16.5. The number of alkyl carbamates (subject to hydrolysis) is 1. The zero-order valence-corrected chi connectivity index (χ0v) is 29.6. The third kappa shape index (κ3) is 12.9. The summed E-state index contributed by atoms with van der Waals surface area (Å²) in [7, 11) is 0. The summed E-state index contributed by atoms with van der Waals surface area (Å²) < 4.78 is 5.16. The van der Waals surface area contributed by atoms with E-state index in [1.165, 1.54) is 13.8 Å². The smallest absolute Gasteiger partial charge is 0.408 e. The molecule has 2 rings (SSSR count). The van der Waals surface area contributed by atoms with Gasteiger partial charge in [0.15, 0.2) is 0 Å². The molecule has 2 aromatic carbocycles. The maximum Gasteiger partial charge on any atom is 0.408 e. The van der Waals surface area contributed by atoms with Gasteiger partial charge in [0.2, 0.25) is 23.6 Å². The van der Waals surface area contributed by atoms with Crippen LogP contribution in [-0.4, -0.2) is 81.9 Å². The lowest BCUT2D eigenvalue weighted by Crippen LogP contribution is -2.62. The average molecular weight is 697 g/mol. The van der Waals surface area contributed by atoms with Crippen molar-refractivity contribution < 1.29 is 38.6 Å². The van der Waals surface area contributed by atoms with E-state index < -0.39 is 83.8 Å². The minimum absolute atomic E-state index is 0.0229. The molecule has 14 nitrogen and oxygen atoms in total. The molecule has 0 heterocycles. The predicted octanol–water partition coefficient (Wildman–Crippen LogP) is 1.52. The molecule has 0 fully saturated rings. The summed E-state index contributed by atoms with van der Waals surface area (Å²) in [5.74, 6) is -5.09. The number of primary amides is 1. The number of rotatable bonds is 18. The molecule has 0 radical (unpaired) electrons. The van der Waals surface area contributed by atoms with Crippen LogP contribution < -0.4 is 27.4 Å². The Labute approximate surface area is 293 Å². The number of benzene rings is 2. The van der Waals surface area contributed by atoms with Crippen molar-refractivity contribution in [3.8, 4) is 0 Å². The number of aliphatic hydroxyl groups excluding tert-OH is 1. The fourth-order valence-corrected chi connectivity index (χ4v) is 5.18. The van der Waals surface area contributed by atoms with Crippen LogP contribution in [0, 0.1) is 11.8 Å². The Balaban J connectivity index is 2.23. The summed E-state index contributed by atoms with van der Waals surface area (Å²) in [5, 5.41) is 18.2. The van der Waals surface area contributed by atoms with E-state index >= 15 is 0 Å². The van der Waals surface area contributed by atoms with Gasteiger partial charge in [-0.2, -0.15) is 0 Å². The third-order valence-electron chi connectivity index (χ3n) is 8.09. The maximum atomic E-state index is 14.0. The lowest BCUT2D eigenvalue weighted by atomic mass is 9.96. The highest BCUT2D eigenvalue weighted by Crippen LogP contribution is 2.18. The molecular formula is C36H52N6O8. The van der Waals surface area contributed by atoms with Crippen molar-refractivity contribution in [2.75, 3.05) is 0 Å². The highest BCUT2D eigenvalue weighted by Gasteiger charge is 2.40. The number of nitrogens with zero attached hydrogens (tertiary/aromatic N) is 1. The van der Waals surface area contributed by atoms with Crippen molar-refractivity contribution in [3.63, 3.8) is 0 Å². The normalized spacial score (nSPS) is 14.8. The van der Waals surface area contributed by atoms with Crippen LogP contribution in [0.3, 0.4) is 0 Å². The first kappa shape index (κ1) is 41.4. The molecule has 0 aromatic heterocycles. The zero-order chi connectivity index (χ0) is 37.5. The van der Waals surface area contributed by atoms with Crippen molar-refractivity contribution in [2.24, 2.45) is 23.3 Å². The molecule has 6 amide bonds. The van der Waals surface area contributed by atoms with Gasteiger partial charge in [-0.25, -0.2) is 4.79 Å². The predicted molar refractivity (Wildman–Crippen MR) is 187 cm³/mol. The number of ether oxygens (including phenoxy) is 1. The van der Waals surface area contributed by atoms with Gasteiger partial charge in [0, 0.05) is 12.5 Å². The Morgan fingerprint density at radius 1 is 0.760 bits per heavy atom. The highest BCUT2D eigenvalue weighted by molar-refractivity contribution is 6.04. The molecule has 6 atom stereocenters. The van der Waals surface area contributed by atoms with Crippen molar-refractivity contribution >= 4 is 35.6 Å². The summed E-state index contributed by atoms with van der Waals surface area (Å²) in [6, 6.07) is 12.5. The van der Waals surface area contributed by atoms with E-state index in [4.69, 9.17) is 16.2 Å². The molecule has 6 unspecified atom stereocenters. The first-order chi connectivity index (χ1) is 23.5. The monoisotopic (exact) mass is 696 g/mol. The average Bonchev–Trinajstić information content (AvgIpc) is 3.07. The minimum Gasteiger partial charge on any atom is -0.445 e. The number of aliphatic hydroxyl groups is 1. The van der Waals surface area contributed by atoms with Crippen molar-refractivity contribution in [3.05, 3.63) is 71.8 Å². The van der Waals surface area contributed by atoms with E-state index in [-0.39, 0.29) is 19.4 Å². The zero-order valence-electron chi connectivity index (χ0n) is 29.6. The SMILES string of the molecule is CC(NC(=O)OCc1ccccc1)C(=O)NC(C)C(=O)N(C(=O)CCC(O)C(N)Cc1ccccc1)C(C(=O)NC(C(N)=O)C(C)C)C(C)C. The number of nitrogens with one attached hydrogen (secondary N) is 3. The second kappa shape index (κ2) is 20.0. The van der Waals surface area contributed by atoms with Crippen LogP contribution in [0.15, 0.2) is 60.7 Å². The van der Waals surface area contributed by atoms with Crippen LogP contribution in [0.5, 0.6) is 0 Å². The topological polar surface area (TPSA) is 223 Å². The lowest BCUT2D eigenvalue weighted by Gasteiger charge is -2.35. The summed E-state index contributed by atoms with van der Waals surface area (Å²) in [4.78, 5) is 79.6. The molecule has 50 heavy (non-hydrogen) atoms. The summed E-state index contributed by atoms with van der Waals surface area (Å²) >= 11 is 0. The standard InChI is InChI=1S/C36H52N6O8/c1-21(2)30(32(38)45)41-34(47)31(22(3)4)42(29(44)18-17-28(43)27(37)19-25-13-9-7-10-14-25)35(48)24(6)39-33(46)23(5)40-36(49)50-20-26-15-11-8-12-16-26/h7-16,21-24,27-28,30-31,43H,17-20,37H2,1-6H3,(H2,38,45)(H,39,46)(H,40,49)(H,41,47). The first-order valence-corrected chi connectivity index (χ1v) is 16.7. The van der Waals surface area contributed by atoms with Crippen molar-refractivity contribution in [1.29, 1.82) is 0 Å². The Morgan fingerprint density at radius 3 is 1.84 bits per heavy atom. The quantitative estimate of drug-likeness (QED) is 0.133. The van der Waals surface area contributed by atoms with E-state index in [0.717, 1.165) is 16.0 Å². The van der Waals surface area contributed by atoms with Gasteiger partial charge in [-0.3, -0.25) is 28.9 Å². The molecule has 0 saturated heterocycles. The molecule has 0 saturated carbocycles. The maximum absolute atomic E-state index is 14.0. The van der Waals surface area contributed by atoms with Crippen LogP contribution in [0.2, 0.25) is 0 Å². The van der Waals surface area contributed by atoms with E-state index in [0.29, 0.717) is 6.42 Å². The number of nitrogens with two attached hydrogens (primary N) is 2. The Morgan fingerprint density at radius 2 is 1.32 bits per heavy atom. The van der Waals surface area contributed by atoms with E-state index in [1.54, 1.807) is 52.0 Å². The number of amides is 6. The summed E-state index contributed by atoms with van der Waals surface area (Å²) in [5.41, 5.74) is 13.4. The minimum atomic E-state index is -1.41. The molecule has 0 aliphatic heterocycles. The number of hydrogen-bond acceptors (Lipinski definition) is 9. The van der Waals surface area contributed by atoms with Gasteiger partial charge >= 0.3 is 6.09 Å². The lowest BCUT2D eigenvalue weighted by molar-refractivity contribution is -0.156. The molecule has 0 aliphatic carbocycles. The fourth-order valence-electron chi connectivity index (χ4n) is 5.18. The Bertz CT molecular complexity index is 1440. The van der Waals surface area contributed by atoms with Gasteiger partial charge in [-0.05, 0) is 49.7 Å². The van der Waals surface area contributed by atoms with Gasteiger partial charge in [-0.15, -0.1) is 0 Å². The van der Waals surface area contributed by atoms with Gasteiger partial charge in [-0.1, -0.05) is 88.4 Å². The second-order valence-electron chi connectivity index (χ2n) is 13.0. The van der Waals surface area contributed by atoms with Gasteiger partial charge in [0.05, 0.1) is 6.10 Å². The van der Waals surface area contributed by atoms with E-state index in [2.05, 4.69) is 16.0 Å². The van der Waals surface area contributed by atoms with E-state index in [9.17, 15) is 33.9 Å². The van der Waals surface area contributed by atoms with Crippen LogP contribution in [0.1, 0.15) is 65.5 Å². The number of imide groups is 1. The van der Waals surface area contributed by atoms with E-state index in [1.807, 2.05) is 36.4 Å². The molecule has 0 spiro atoms. The highest BCUT2D eigenvalue weighted by atomic mass is 16.5. The van der Waals surface area contributed by atoms with Crippen LogP contribution >= 0.6 is 0 Å². The van der Waals surface area contributed by atoms with Crippen molar-refractivity contribution in [1.82, 2.24) is 20.9 Å². The molecule has 14 heteroatoms. The second-order valence-corrected chi connectivity index (χ2v) is 13.0. The van der Waals surface area contributed by atoms with Crippen LogP contribution in [0.25, 0.3) is 0 Å². The molecule has 0 aliphatic rings.